The minimum absolute atomic E-state index is 0.0263. The number of hydrogen-bond donors (Lipinski definition) is 2. The van der Waals surface area contributed by atoms with Crippen LogP contribution in [0.1, 0.15) is 25.1 Å². The lowest BCUT2D eigenvalue weighted by atomic mass is 10.1. The van der Waals surface area contributed by atoms with Crippen molar-refractivity contribution in [2.75, 3.05) is 19.6 Å². The average molecular weight is 310 g/mol. The molecule has 0 aliphatic carbocycles. The Kier molecular flexibility index (Phi) is 4.40. The van der Waals surface area contributed by atoms with Crippen LogP contribution in [0.2, 0.25) is 0 Å². The van der Waals surface area contributed by atoms with E-state index in [9.17, 15) is 15.2 Å². The van der Waals surface area contributed by atoms with Crippen LogP contribution in [0.15, 0.2) is 34.8 Å². The molecule has 0 bridgehead atoms. The first-order valence-corrected chi connectivity index (χ1v) is 7.73. The van der Waals surface area contributed by atoms with Crippen LogP contribution in [0.4, 0.5) is 0 Å². The summed E-state index contributed by atoms with van der Waals surface area (Å²) in [7, 11) is 0. The molecule has 1 saturated heterocycles. The van der Waals surface area contributed by atoms with Gasteiger partial charge in [-0.2, -0.15) is 5.26 Å². The van der Waals surface area contributed by atoms with Crippen LogP contribution in [-0.2, 0) is 0 Å². The second kappa shape index (κ2) is 6.63. The van der Waals surface area contributed by atoms with Crippen LogP contribution in [-0.4, -0.2) is 39.6 Å². The summed E-state index contributed by atoms with van der Waals surface area (Å²) in [6.45, 7) is 2.12. The maximum atomic E-state index is 12.1. The Morgan fingerprint density at radius 1 is 1.30 bits per heavy atom. The number of benzene rings is 1. The zero-order valence-electron chi connectivity index (χ0n) is 12.7. The molecule has 1 fully saturated rings. The van der Waals surface area contributed by atoms with Crippen molar-refractivity contribution in [3.63, 3.8) is 0 Å². The van der Waals surface area contributed by atoms with E-state index in [-0.39, 0.29) is 22.7 Å². The average Bonchev–Trinajstić information content (AvgIpc) is 2.56. The topological polar surface area (TPSA) is 93.0 Å². The Bertz CT molecular complexity index is 842. The number of aromatic nitrogens is 2. The van der Waals surface area contributed by atoms with E-state index in [2.05, 4.69) is 14.9 Å². The number of fused-ring (bicyclic) bond motifs is 1. The summed E-state index contributed by atoms with van der Waals surface area (Å²) in [5.41, 5.74) is 0.215. The summed E-state index contributed by atoms with van der Waals surface area (Å²) in [6.07, 6.45) is 3.39. The highest BCUT2D eigenvalue weighted by molar-refractivity contribution is 5.81. The van der Waals surface area contributed by atoms with Gasteiger partial charge in [0.15, 0.2) is 5.82 Å². The summed E-state index contributed by atoms with van der Waals surface area (Å²) in [6, 6.07) is 8.90. The molecule has 0 radical (unpaired) electrons. The molecule has 2 aromatic rings. The number of aromatic amines is 1. The first-order chi connectivity index (χ1) is 11.2. The first-order valence-electron chi connectivity index (χ1n) is 7.73. The van der Waals surface area contributed by atoms with E-state index in [0.29, 0.717) is 17.4 Å². The monoisotopic (exact) mass is 310 g/mol. The molecule has 2 N–H and O–H groups in total. The Morgan fingerprint density at radius 3 is 2.78 bits per heavy atom. The van der Waals surface area contributed by atoms with Crippen molar-refractivity contribution < 1.29 is 5.11 Å². The highest BCUT2D eigenvalue weighted by Gasteiger charge is 2.17. The van der Waals surface area contributed by atoms with Crippen molar-refractivity contribution in [2.45, 2.75) is 19.3 Å². The maximum Gasteiger partial charge on any atom is 0.259 e. The number of allylic oxidation sites excluding steroid dienone is 1. The number of nitrogens with zero attached hydrogens (tertiary/aromatic N) is 3. The lowest BCUT2D eigenvalue weighted by Crippen LogP contribution is -2.31. The van der Waals surface area contributed by atoms with Gasteiger partial charge in [0.2, 0.25) is 0 Å². The number of nitrogens with one attached hydrogen (secondary N) is 1. The molecule has 0 atom stereocenters. The molecule has 23 heavy (non-hydrogen) atoms. The van der Waals surface area contributed by atoms with Crippen LogP contribution < -0.4 is 5.56 Å². The van der Waals surface area contributed by atoms with Crippen molar-refractivity contribution in [3.05, 3.63) is 46.2 Å². The normalized spacial score (nSPS) is 16.8. The second-order valence-corrected chi connectivity index (χ2v) is 5.70. The van der Waals surface area contributed by atoms with Crippen molar-refractivity contribution in [1.29, 1.82) is 5.26 Å². The molecule has 0 spiro atoms. The van der Waals surface area contributed by atoms with Gasteiger partial charge in [-0.15, -0.1) is 0 Å². The smallest absolute Gasteiger partial charge is 0.259 e. The summed E-state index contributed by atoms with van der Waals surface area (Å²) in [4.78, 5) is 21.1. The van der Waals surface area contributed by atoms with E-state index in [1.165, 1.54) is 6.42 Å². The first kappa shape index (κ1) is 15.3. The van der Waals surface area contributed by atoms with Crippen LogP contribution in [0.3, 0.4) is 0 Å². The molecule has 1 aliphatic rings. The number of para-hydroxylation sites is 1. The van der Waals surface area contributed by atoms with Crippen molar-refractivity contribution in [2.24, 2.45) is 0 Å². The summed E-state index contributed by atoms with van der Waals surface area (Å²) in [5, 5.41) is 20.2. The largest absolute Gasteiger partial charge is 0.509 e. The minimum Gasteiger partial charge on any atom is -0.509 e. The van der Waals surface area contributed by atoms with E-state index >= 15 is 0 Å². The van der Waals surface area contributed by atoms with E-state index in [1.807, 2.05) is 6.07 Å². The number of likely N-dealkylation sites (tertiary alicyclic amines) is 1. The van der Waals surface area contributed by atoms with Crippen molar-refractivity contribution in [3.8, 4) is 6.07 Å². The Labute approximate surface area is 133 Å². The molecule has 1 aliphatic heterocycles. The fourth-order valence-corrected chi connectivity index (χ4v) is 2.87. The minimum atomic E-state index is -0.316. The molecule has 1 aromatic carbocycles. The molecule has 0 saturated carbocycles. The lowest BCUT2D eigenvalue weighted by Gasteiger charge is -2.26. The third-order valence-electron chi connectivity index (χ3n) is 4.07. The summed E-state index contributed by atoms with van der Waals surface area (Å²) >= 11 is 0. The fraction of sp³-hybridized carbons (Fsp3) is 0.353. The number of nitriles is 1. The van der Waals surface area contributed by atoms with Gasteiger partial charge in [0, 0.05) is 0 Å². The third-order valence-corrected chi connectivity index (χ3v) is 4.07. The molecule has 6 heteroatoms. The Balaban J connectivity index is 1.98. The number of aliphatic hydroxyl groups excluding tert-OH is 1. The molecule has 0 amide bonds. The predicted molar refractivity (Wildman–Crippen MR) is 87.8 cm³/mol. The van der Waals surface area contributed by atoms with E-state index in [4.69, 9.17) is 0 Å². The predicted octanol–water partition coefficient (Wildman–Crippen LogP) is 2.20. The van der Waals surface area contributed by atoms with Gasteiger partial charge < -0.3 is 10.1 Å². The summed E-state index contributed by atoms with van der Waals surface area (Å²) < 4.78 is 0. The van der Waals surface area contributed by atoms with Crippen LogP contribution in [0.25, 0.3) is 16.5 Å². The number of H-pyrrole nitrogens is 1. The van der Waals surface area contributed by atoms with Gasteiger partial charge in [-0.1, -0.05) is 18.6 Å². The quantitative estimate of drug-likeness (QED) is 0.669. The van der Waals surface area contributed by atoms with Gasteiger partial charge in [0.05, 0.1) is 17.4 Å². The molecule has 118 valence electrons. The standard InChI is InChI=1S/C17H18N4O2/c18-10-13(15(22)11-21-8-4-1-5-9-21)16-19-14-7-3-2-6-12(14)17(23)20-16/h2-3,6-7,22H,1,4-5,8-9,11H2,(H,19,20,23). The van der Waals surface area contributed by atoms with Gasteiger partial charge in [0.25, 0.3) is 5.56 Å². The Morgan fingerprint density at radius 2 is 2.04 bits per heavy atom. The zero-order valence-corrected chi connectivity index (χ0v) is 12.7. The molecule has 6 nitrogen and oxygen atoms in total. The van der Waals surface area contributed by atoms with Gasteiger partial charge in [-0.05, 0) is 38.1 Å². The second-order valence-electron chi connectivity index (χ2n) is 5.70. The molecule has 3 rings (SSSR count). The van der Waals surface area contributed by atoms with Gasteiger partial charge >= 0.3 is 0 Å². The van der Waals surface area contributed by atoms with Gasteiger partial charge in [0.1, 0.15) is 17.4 Å². The highest BCUT2D eigenvalue weighted by atomic mass is 16.3. The molecular formula is C17H18N4O2. The van der Waals surface area contributed by atoms with E-state index < -0.39 is 0 Å². The van der Waals surface area contributed by atoms with Crippen LogP contribution >= 0.6 is 0 Å². The van der Waals surface area contributed by atoms with E-state index in [0.717, 1.165) is 25.9 Å². The SMILES string of the molecule is N#CC(=C(O)CN1CCCCC1)c1nc2ccccc2c(=O)[nH]1. The third kappa shape index (κ3) is 3.25. The zero-order chi connectivity index (χ0) is 16.2. The number of rotatable bonds is 3. The number of piperidine rings is 1. The van der Waals surface area contributed by atoms with Crippen molar-refractivity contribution in [1.82, 2.24) is 14.9 Å². The Hall–Kier alpha value is -2.65. The van der Waals surface area contributed by atoms with Crippen molar-refractivity contribution >= 4 is 16.5 Å². The molecule has 1 aromatic heterocycles. The lowest BCUT2D eigenvalue weighted by molar-refractivity contribution is 0.215. The molecular weight excluding hydrogens is 292 g/mol. The van der Waals surface area contributed by atoms with Crippen LogP contribution in [0, 0.1) is 11.3 Å². The van der Waals surface area contributed by atoms with Gasteiger partial charge in [-0.3, -0.25) is 9.69 Å². The fourth-order valence-electron chi connectivity index (χ4n) is 2.87. The number of aliphatic hydroxyl groups is 1. The maximum absolute atomic E-state index is 12.1. The van der Waals surface area contributed by atoms with Crippen LogP contribution in [0.5, 0.6) is 0 Å². The molecule has 0 unspecified atom stereocenters. The number of hydrogen-bond acceptors (Lipinski definition) is 5. The summed E-state index contributed by atoms with van der Waals surface area (Å²) in [5.74, 6) is 0.0681. The van der Waals surface area contributed by atoms with E-state index in [1.54, 1.807) is 24.3 Å². The van der Waals surface area contributed by atoms with Gasteiger partial charge in [-0.25, -0.2) is 4.98 Å². The molecule has 2 heterocycles. The highest BCUT2D eigenvalue weighted by Crippen LogP contribution is 2.17.